The minimum atomic E-state index is 1.06. The molecule has 2 aromatic heterocycles. The molecule has 0 amide bonds. The highest BCUT2D eigenvalue weighted by Crippen LogP contribution is 2.32. The van der Waals surface area contributed by atoms with E-state index in [1.165, 1.54) is 32.7 Å². The maximum absolute atomic E-state index is 4.45. The lowest BCUT2D eigenvalue weighted by atomic mass is 10.2. The number of nitrogens with zero attached hydrogens (tertiary/aromatic N) is 2. The maximum atomic E-state index is 4.45. The smallest absolute Gasteiger partial charge is 0.0542 e. The highest BCUT2D eigenvalue weighted by atomic mass is 15.0. The Labute approximate surface area is 180 Å². The van der Waals surface area contributed by atoms with Gasteiger partial charge in [-0.05, 0) is 49.4 Å². The monoisotopic (exact) mass is 398 g/mol. The van der Waals surface area contributed by atoms with Crippen molar-refractivity contribution < 1.29 is 0 Å². The molecular formula is C29H22N2. The van der Waals surface area contributed by atoms with E-state index in [0.29, 0.717) is 0 Å². The SMILES string of the molecule is C=c1/c(=C\C)n(-c2ccccc2)c2ccc(-n3c4ccccc4c4ccccc43)cc12. The predicted octanol–water partition coefficient (Wildman–Crippen LogP) is 5.94. The van der Waals surface area contributed by atoms with Gasteiger partial charge in [0.2, 0.25) is 0 Å². The third kappa shape index (κ3) is 2.52. The number of aromatic nitrogens is 2. The van der Waals surface area contributed by atoms with E-state index in [4.69, 9.17) is 0 Å². The van der Waals surface area contributed by atoms with Gasteiger partial charge in [0.15, 0.2) is 0 Å². The van der Waals surface area contributed by atoms with Gasteiger partial charge in [-0.2, -0.15) is 0 Å². The van der Waals surface area contributed by atoms with Crippen molar-refractivity contribution in [3.8, 4) is 11.4 Å². The minimum Gasteiger partial charge on any atom is -0.310 e. The lowest BCUT2D eigenvalue weighted by Gasteiger charge is -2.10. The van der Waals surface area contributed by atoms with Gasteiger partial charge in [0.25, 0.3) is 0 Å². The molecule has 0 spiro atoms. The first-order valence-corrected chi connectivity index (χ1v) is 10.6. The van der Waals surface area contributed by atoms with Crippen LogP contribution in [0.15, 0.2) is 97.1 Å². The van der Waals surface area contributed by atoms with Crippen LogP contribution in [0.5, 0.6) is 0 Å². The van der Waals surface area contributed by atoms with Gasteiger partial charge < -0.3 is 9.13 Å². The molecule has 2 nitrogen and oxygen atoms in total. The van der Waals surface area contributed by atoms with Crippen LogP contribution in [-0.4, -0.2) is 9.13 Å². The van der Waals surface area contributed by atoms with Crippen molar-refractivity contribution in [1.82, 2.24) is 9.13 Å². The third-order valence-electron chi connectivity index (χ3n) is 6.22. The van der Waals surface area contributed by atoms with Crippen molar-refractivity contribution in [1.29, 1.82) is 0 Å². The molecule has 0 atom stereocenters. The number of hydrogen-bond acceptors (Lipinski definition) is 0. The van der Waals surface area contributed by atoms with Crippen LogP contribution in [-0.2, 0) is 0 Å². The molecule has 0 unspecified atom stereocenters. The van der Waals surface area contributed by atoms with Gasteiger partial charge in [-0.1, -0.05) is 67.3 Å². The molecule has 148 valence electrons. The largest absolute Gasteiger partial charge is 0.310 e. The van der Waals surface area contributed by atoms with Gasteiger partial charge in [-0.3, -0.25) is 0 Å². The molecule has 0 aliphatic carbocycles. The van der Waals surface area contributed by atoms with Gasteiger partial charge in [0, 0.05) is 38.1 Å². The second-order valence-corrected chi connectivity index (χ2v) is 7.89. The second-order valence-electron chi connectivity index (χ2n) is 7.89. The Morgan fingerprint density at radius 1 is 0.581 bits per heavy atom. The van der Waals surface area contributed by atoms with E-state index >= 15 is 0 Å². The maximum Gasteiger partial charge on any atom is 0.0542 e. The van der Waals surface area contributed by atoms with Gasteiger partial charge in [0.1, 0.15) is 0 Å². The van der Waals surface area contributed by atoms with E-state index in [1.807, 2.05) is 0 Å². The summed E-state index contributed by atoms with van der Waals surface area (Å²) in [5.74, 6) is 0. The average Bonchev–Trinajstić information content (AvgIpc) is 3.31. The zero-order chi connectivity index (χ0) is 20.9. The van der Waals surface area contributed by atoms with Gasteiger partial charge >= 0.3 is 0 Å². The van der Waals surface area contributed by atoms with E-state index in [-0.39, 0.29) is 0 Å². The van der Waals surface area contributed by atoms with Crippen LogP contribution in [0.4, 0.5) is 0 Å². The first-order chi connectivity index (χ1) is 15.3. The molecule has 0 aliphatic heterocycles. The Morgan fingerprint density at radius 2 is 1.16 bits per heavy atom. The number of para-hydroxylation sites is 3. The first-order valence-electron chi connectivity index (χ1n) is 10.6. The van der Waals surface area contributed by atoms with Crippen molar-refractivity contribution in [2.75, 3.05) is 0 Å². The average molecular weight is 399 g/mol. The van der Waals surface area contributed by atoms with E-state index in [1.54, 1.807) is 0 Å². The number of fused-ring (bicyclic) bond motifs is 4. The standard InChI is InChI=1S/C29H22N2/c1-3-26-20(2)25-19-22(17-18-29(25)30(26)21-11-5-4-6-12-21)31-27-15-9-7-13-23(27)24-14-8-10-16-28(24)31/h3-19H,2H2,1H3/b26-3+. The summed E-state index contributed by atoms with van der Waals surface area (Å²) in [6.45, 7) is 6.53. The molecule has 0 saturated heterocycles. The molecule has 2 heterocycles. The van der Waals surface area contributed by atoms with Crippen LogP contribution < -0.4 is 10.6 Å². The second kappa shape index (κ2) is 6.75. The van der Waals surface area contributed by atoms with Crippen LogP contribution in [0.1, 0.15) is 6.92 Å². The first kappa shape index (κ1) is 17.8. The molecule has 0 bridgehead atoms. The van der Waals surface area contributed by atoms with E-state index in [2.05, 4.69) is 126 Å². The Balaban J connectivity index is 1.71. The molecule has 4 aromatic carbocycles. The zero-order valence-electron chi connectivity index (χ0n) is 17.4. The Kier molecular flexibility index (Phi) is 3.87. The lowest BCUT2D eigenvalue weighted by molar-refractivity contribution is 1.07. The molecule has 0 aliphatic rings. The fourth-order valence-electron chi connectivity index (χ4n) is 4.86. The predicted molar refractivity (Wildman–Crippen MR) is 133 cm³/mol. The molecule has 0 radical (unpaired) electrons. The van der Waals surface area contributed by atoms with Crippen molar-refractivity contribution in [2.24, 2.45) is 0 Å². The van der Waals surface area contributed by atoms with Crippen molar-refractivity contribution >= 4 is 45.4 Å². The molecule has 0 N–H and O–H groups in total. The lowest BCUT2D eigenvalue weighted by Crippen LogP contribution is -2.26. The topological polar surface area (TPSA) is 9.86 Å². The number of benzene rings is 4. The van der Waals surface area contributed by atoms with Crippen LogP contribution in [0.2, 0.25) is 0 Å². The van der Waals surface area contributed by atoms with E-state index < -0.39 is 0 Å². The van der Waals surface area contributed by atoms with Crippen LogP contribution >= 0.6 is 0 Å². The van der Waals surface area contributed by atoms with Gasteiger partial charge in [0.05, 0.1) is 16.6 Å². The summed E-state index contributed by atoms with van der Waals surface area (Å²) in [6, 6.07) is 34.5. The van der Waals surface area contributed by atoms with Gasteiger partial charge in [-0.25, -0.2) is 0 Å². The summed E-state index contributed by atoms with van der Waals surface area (Å²) in [4.78, 5) is 0. The highest BCUT2D eigenvalue weighted by molar-refractivity contribution is 6.09. The third-order valence-corrected chi connectivity index (χ3v) is 6.22. The summed E-state index contributed by atoms with van der Waals surface area (Å²) < 4.78 is 4.66. The molecule has 0 saturated carbocycles. The highest BCUT2D eigenvalue weighted by Gasteiger charge is 2.14. The summed E-state index contributed by atoms with van der Waals surface area (Å²) in [6.07, 6.45) is 2.15. The van der Waals surface area contributed by atoms with Crippen LogP contribution in [0, 0.1) is 0 Å². The zero-order valence-corrected chi connectivity index (χ0v) is 17.4. The number of rotatable bonds is 2. The normalized spacial score (nSPS) is 12.4. The molecule has 6 aromatic rings. The molecule has 0 fully saturated rings. The molecular weight excluding hydrogens is 376 g/mol. The van der Waals surface area contributed by atoms with E-state index in [0.717, 1.165) is 21.9 Å². The van der Waals surface area contributed by atoms with Gasteiger partial charge in [-0.15, -0.1) is 0 Å². The summed E-state index contributed by atoms with van der Waals surface area (Å²) in [5, 5.41) is 5.93. The van der Waals surface area contributed by atoms with Crippen molar-refractivity contribution in [2.45, 2.75) is 6.92 Å². The van der Waals surface area contributed by atoms with Crippen LogP contribution in [0.3, 0.4) is 0 Å². The van der Waals surface area contributed by atoms with Crippen LogP contribution in [0.25, 0.3) is 56.7 Å². The van der Waals surface area contributed by atoms with Crippen molar-refractivity contribution in [3.05, 3.63) is 108 Å². The summed E-state index contributed by atoms with van der Waals surface area (Å²) in [5.41, 5.74) is 5.92. The quantitative estimate of drug-likeness (QED) is 0.342. The fraction of sp³-hybridized carbons (Fsp3) is 0.0345. The summed E-state index contributed by atoms with van der Waals surface area (Å²) in [7, 11) is 0. The Bertz CT molecular complexity index is 1650. The Morgan fingerprint density at radius 3 is 1.81 bits per heavy atom. The van der Waals surface area contributed by atoms with E-state index in [9.17, 15) is 0 Å². The minimum absolute atomic E-state index is 1.06. The molecule has 6 rings (SSSR count). The fourth-order valence-corrected chi connectivity index (χ4v) is 4.86. The molecule has 2 heteroatoms. The number of hydrogen-bond donors (Lipinski definition) is 0. The molecule has 31 heavy (non-hydrogen) atoms. The van der Waals surface area contributed by atoms with Crippen molar-refractivity contribution in [3.63, 3.8) is 0 Å². The Hall–Kier alpha value is -4.04. The summed E-state index contributed by atoms with van der Waals surface area (Å²) >= 11 is 0.